The lowest BCUT2D eigenvalue weighted by molar-refractivity contribution is 0.267. The Labute approximate surface area is 170 Å². The monoisotopic (exact) mass is 396 g/mol. The third-order valence-electron chi connectivity index (χ3n) is 5.20. The molecule has 0 spiro atoms. The van der Waals surface area contributed by atoms with Crippen molar-refractivity contribution >= 4 is 34.0 Å². The number of anilines is 2. The molecule has 6 heteroatoms. The van der Waals surface area contributed by atoms with Crippen molar-refractivity contribution < 1.29 is 4.74 Å². The minimum Gasteiger partial charge on any atom is -0.497 e. The Balaban J connectivity index is 1.24. The summed E-state index contributed by atoms with van der Waals surface area (Å²) in [5.41, 5.74) is 2.22. The number of hydrogen-bond acceptors (Lipinski definition) is 5. The summed E-state index contributed by atoms with van der Waals surface area (Å²) in [5.74, 6) is 1.81. The molecule has 1 fully saturated rings. The lowest BCUT2D eigenvalue weighted by atomic mass is 10.2. The molecule has 1 aromatic heterocycles. The zero-order chi connectivity index (χ0) is 19.3. The van der Waals surface area contributed by atoms with Crippen molar-refractivity contribution in [1.29, 1.82) is 0 Å². The van der Waals surface area contributed by atoms with Crippen LogP contribution in [0.4, 0.5) is 11.5 Å². The Morgan fingerprint density at radius 2 is 1.79 bits per heavy atom. The summed E-state index contributed by atoms with van der Waals surface area (Å²) in [6.45, 7) is 6.11. The van der Waals surface area contributed by atoms with E-state index in [9.17, 15) is 0 Å². The fourth-order valence-corrected chi connectivity index (χ4v) is 3.74. The highest BCUT2D eigenvalue weighted by Crippen LogP contribution is 2.21. The second-order valence-corrected chi connectivity index (χ2v) is 7.42. The molecule has 1 aliphatic rings. The third-order valence-corrected chi connectivity index (χ3v) is 5.43. The van der Waals surface area contributed by atoms with Gasteiger partial charge in [-0.2, -0.15) is 0 Å². The van der Waals surface area contributed by atoms with Crippen LogP contribution in [0.2, 0.25) is 5.02 Å². The summed E-state index contributed by atoms with van der Waals surface area (Å²) in [5, 5.41) is 5.24. The van der Waals surface area contributed by atoms with E-state index in [1.165, 1.54) is 5.69 Å². The molecule has 2 aromatic carbocycles. The Morgan fingerprint density at radius 3 is 2.54 bits per heavy atom. The standard InChI is InChI=1S/C22H25ClN4O/c1-28-20-6-4-19(5-7-20)27-14-12-26(13-15-27)11-10-24-22-9-2-17-16-18(23)3-8-21(17)25-22/h2-9,16H,10-15H2,1H3,(H,24,25). The molecule has 146 valence electrons. The number of nitrogens with zero attached hydrogens (tertiary/aromatic N) is 3. The maximum Gasteiger partial charge on any atom is 0.126 e. The lowest BCUT2D eigenvalue weighted by Gasteiger charge is -2.36. The molecule has 1 N–H and O–H groups in total. The quantitative estimate of drug-likeness (QED) is 0.678. The number of piperazine rings is 1. The van der Waals surface area contributed by atoms with Crippen molar-refractivity contribution in [3.63, 3.8) is 0 Å². The molecule has 28 heavy (non-hydrogen) atoms. The largest absolute Gasteiger partial charge is 0.497 e. The zero-order valence-corrected chi connectivity index (χ0v) is 16.8. The number of nitrogens with one attached hydrogen (secondary N) is 1. The number of ether oxygens (including phenoxy) is 1. The summed E-state index contributed by atoms with van der Waals surface area (Å²) in [4.78, 5) is 9.58. The van der Waals surface area contributed by atoms with Crippen LogP contribution in [0.1, 0.15) is 0 Å². The minimum absolute atomic E-state index is 0.740. The van der Waals surface area contributed by atoms with Gasteiger partial charge in [0.05, 0.1) is 12.6 Å². The van der Waals surface area contributed by atoms with Gasteiger partial charge in [-0.1, -0.05) is 11.6 Å². The van der Waals surface area contributed by atoms with E-state index in [2.05, 4.69) is 38.3 Å². The van der Waals surface area contributed by atoms with Crippen molar-refractivity contribution in [2.45, 2.75) is 0 Å². The first-order valence-electron chi connectivity index (χ1n) is 9.63. The Bertz CT molecular complexity index is 923. The maximum absolute atomic E-state index is 6.03. The van der Waals surface area contributed by atoms with E-state index in [1.54, 1.807) is 7.11 Å². The van der Waals surface area contributed by atoms with Crippen LogP contribution >= 0.6 is 11.6 Å². The van der Waals surface area contributed by atoms with E-state index in [1.807, 2.05) is 36.4 Å². The maximum atomic E-state index is 6.03. The van der Waals surface area contributed by atoms with Gasteiger partial charge < -0.3 is 15.0 Å². The van der Waals surface area contributed by atoms with E-state index in [0.717, 1.165) is 66.8 Å². The number of aromatic nitrogens is 1. The molecule has 0 amide bonds. The van der Waals surface area contributed by atoms with Gasteiger partial charge in [-0.3, -0.25) is 4.90 Å². The number of halogens is 1. The van der Waals surface area contributed by atoms with E-state index in [4.69, 9.17) is 16.3 Å². The smallest absolute Gasteiger partial charge is 0.126 e. The second-order valence-electron chi connectivity index (χ2n) is 6.99. The van der Waals surface area contributed by atoms with Gasteiger partial charge in [0, 0.05) is 55.4 Å². The highest BCUT2D eigenvalue weighted by atomic mass is 35.5. The van der Waals surface area contributed by atoms with Gasteiger partial charge >= 0.3 is 0 Å². The summed E-state index contributed by atoms with van der Waals surface area (Å²) in [6.07, 6.45) is 0. The predicted octanol–water partition coefficient (Wildman–Crippen LogP) is 4.13. The van der Waals surface area contributed by atoms with E-state index in [-0.39, 0.29) is 0 Å². The summed E-state index contributed by atoms with van der Waals surface area (Å²) < 4.78 is 5.24. The average molecular weight is 397 g/mol. The highest BCUT2D eigenvalue weighted by Gasteiger charge is 2.16. The molecule has 1 aliphatic heterocycles. The molecule has 4 rings (SSSR count). The molecular weight excluding hydrogens is 372 g/mol. The van der Waals surface area contributed by atoms with E-state index in [0.29, 0.717) is 0 Å². The minimum atomic E-state index is 0.740. The fraction of sp³-hybridized carbons (Fsp3) is 0.318. The van der Waals surface area contributed by atoms with Crippen LogP contribution < -0.4 is 15.0 Å². The van der Waals surface area contributed by atoms with E-state index >= 15 is 0 Å². The molecule has 5 nitrogen and oxygen atoms in total. The number of rotatable bonds is 6. The number of hydrogen-bond donors (Lipinski definition) is 1. The summed E-state index contributed by atoms with van der Waals surface area (Å²) in [6, 6.07) is 18.2. The van der Waals surface area contributed by atoms with Crippen LogP contribution in [-0.2, 0) is 0 Å². The molecule has 0 unspecified atom stereocenters. The van der Waals surface area contributed by atoms with Gasteiger partial charge in [0.1, 0.15) is 11.6 Å². The third kappa shape index (κ3) is 4.49. The highest BCUT2D eigenvalue weighted by molar-refractivity contribution is 6.31. The van der Waals surface area contributed by atoms with Gasteiger partial charge in [-0.15, -0.1) is 0 Å². The van der Waals surface area contributed by atoms with Crippen molar-refractivity contribution in [3.05, 3.63) is 59.6 Å². The molecule has 3 aromatic rings. The van der Waals surface area contributed by atoms with Gasteiger partial charge in [0.25, 0.3) is 0 Å². The molecule has 0 atom stereocenters. The SMILES string of the molecule is COc1ccc(N2CCN(CCNc3ccc4cc(Cl)ccc4n3)CC2)cc1. The zero-order valence-electron chi connectivity index (χ0n) is 16.1. The van der Waals surface area contributed by atoms with Crippen molar-refractivity contribution in [2.24, 2.45) is 0 Å². The number of pyridine rings is 1. The Morgan fingerprint density at radius 1 is 1.00 bits per heavy atom. The average Bonchev–Trinajstić information content (AvgIpc) is 2.74. The van der Waals surface area contributed by atoms with Crippen LogP contribution in [-0.4, -0.2) is 56.3 Å². The van der Waals surface area contributed by atoms with Gasteiger partial charge in [0.2, 0.25) is 0 Å². The van der Waals surface area contributed by atoms with Crippen LogP contribution in [0.15, 0.2) is 54.6 Å². The summed E-state index contributed by atoms with van der Waals surface area (Å²) >= 11 is 6.03. The summed E-state index contributed by atoms with van der Waals surface area (Å²) in [7, 11) is 1.70. The number of benzene rings is 2. The number of fused-ring (bicyclic) bond motifs is 1. The molecule has 0 bridgehead atoms. The van der Waals surface area contributed by atoms with Crippen molar-refractivity contribution in [2.75, 3.05) is 56.6 Å². The van der Waals surface area contributed by atoms with Crippen LogP contribution in [0.5, 0.6) is 5.75 Å². The van der Waals surface area contributed by atoms with Crippen molar-refractivity contribution in [1.82, 2.24) is 9.88 Å². The molecule has 2 heterocycles. The first kappa shape index (κ1) is 18.8. The van der Waals surface area contributed by atoms with E-state index < -0.39 is 0 Å². The molecular formula is C22H25ClN4O. The predicted molar refractivity (Wildman–Crippen MR) is 117 cm³/mol. The van der Waals surface area contributed by atoms with Crippen LogP contribution in [0.3, 0.4) is 0 Å². The van der Waals surface area contributed by atoms with Crippen molar-refractivity contribution in [3.8, 4) is 5.75 Å². The fourth-order valence-electron chi connectivity index (χ4n) is 3.56. The Hall–Kier alpha value is -2.50. The van der Waals surface area contributed by atoms with Gasteiger partial charge in [-0.05, 0) is 54.6 Å². The lowest BCUT2D eigenvalue weighted by Crippen LogP contribution is -2.47. The topological polar surface area (TPSA) is 40.6 Å². The molecule has 1 saturated heterocycles. The van der Waals surface area contributed by atoms with Gasteiger partial charge in [-0.25, -0.2) is 4.98 Å². The number of methoxy groups -OCH3 is 1. The normalized spacial score (nSPS) is 15.0. The molecule has 0 radical (unpaired) electrons. The van der Waals surface area contributed by atoms with Crippen LogP contribution in [0.25, 0.3) is 10.9 Å². The molecule has 0 aliphatic carbocycles. The Kier molecular flexibility index (Phi) is 5.84. The molecule has 0 saturated carbocycles. The van der Waals surface area contributed by atoms with Gasteiger partial charge in [0.15, 0.2) is 0 Å². The second kappa shape index (κ2) is 8.67. The first-order valence-corrected chi connectivity index (χ1v) is 10.0. The first-order chi connectivity index (χ1) is 13.7. The van der Waals surface area contributed by atoms with Crippen LogP contribution in [0, 0.1) is 0 Å².